The van der Waals surface area contributed by atoms with Gasteiger partial charge in [0.15, 0.2) is 5.13 Å². The van der Waals surface area contributed by atoms with Gasteiger partial charge in [0.2, 0.25) is 5.91 Å². The zero-order chi connectivity index (χ0) is 19.2. The SMILES string of the molecule is O=C(/C=C/c1ccco1)Nc1ccc(-c2csc(Nc3cccnc3)n2)cc1. The minimum atomic E-state index is -0.222. The predicted molar refractivity (Wildman–Crippen MR) is 111 cm³/mol. The first-order valence-electron chi connectivity index (χ1n) is 8.52. The van der Waals surface area contributed by atoms with Crippen LogP contribution in [0.1, 0.15) is 5.76 Å². The second-order valence-electron chi connectivity index (χ2n) is 5.82. The first kappa shape index (κ1) is 17.7. The molecule has 0 bridgehead atoms. The molecule has 0 atom stereocenters. The zero-order valence-corrected chi connectivity index (χ0v) is 15.5. The lowest BCUT2D eigenvalue weighted by atomic mass is 10.1. The van der Waals surface area contributed by atoms with Crippen LogP contribution in [0.3, 0.4) is 0 Å². The minimum Gasteiger partial charge on any atom is -0.465 e. The van der Waals surface area contributed by atoms with Crippen molar-refractivity contribution >= 4 is 39.8 Å². The Morgan fingerprint density at radius 2 is 1.96 bits per heavy atom. The number of aromatic nitrogens is 2. The maximum absolute atomic E-state index is 12.0. The minimum absolute atomic E-state index is 0.222. The van der Waals surface area contributed by atoms with Gasteiger partial charge < -0.3 is 15.1 Å². The number of hydrogen-bond acceptors (Lipinski definition) is 6. The summed E-state index contributed by atoms with van der Waals surface area (Å²) in [6.07, 6.45) is 8.09. The topological polar surface area (TPSA) is 80.0 Å². The van der Waals surface area contributed by atoms with Gasteiger partial charge in [-0.05, 0) is 42.5 Å². The molecule has 138 valence electrons. The molecule has 0 aliphatic heterocycles. The number of hydrogen-bond donors (Lipinski definition) is 2. The van der Waals surface area contributed by atoms with Crippen molar-refractivity contribution in [2.24, 2.45) is 0 Å². The molecule has 6 nitrogen and oxygen atoms in total. The van der Waals surface area contributed by atoms with E-state index in [1.807, 2.05) is 41.8 Å². The Hall–Kier alpha value is -3.71. The van der Waals surface area contributed by atoms with E-state index in [9.17, 15) is 4.79 Å². The summed E-state index contributed by atoms with van der Waals surface area (Å²) in [4.78, 5) is 20.6. The molecule has 0 saturated heterocycles. The molecule has 3 heterocycles. The third-order valence-corrected chi connectivity index (χ3v) is 4.57. The molecule has 1 aromatic carbocycles. The summed E-state index contributed by atoms with van der Waals surface area (Å²) in [5.41, 5.74) is 3.44. The average Bonchev–Trinajstić information content (AvgIpc) is 3.40. The largest absolute Gasteiger partial charge is 0.465 e. The summed E-state index contributed by atoms with van der Waals surface area (Å²) >= 11 is 1.52. The van der Waals surface area contributed by atoms with E-state index < -0.39 is 0 Å². The third kappa shape index (κ3) is 4.52. The highest BCUT2D eigenvalue weighted by Gasteiger charge is 2.06. The van der Waals surface area contributed by atoms with E-state index in [4.69, 9.17) is 4.42 Å². The summed E-state index contributed by atoms with van der Waals surface area (Å²) in [5.74, 6) is 0.408. The van der Waals surface area contributed by atoms with Crippen LogP contribution < -0.4 is 10.6 Å². The lowest BCUT2D eigenvalue weighted by Crippen LogP contribution is -2.07. The van der Waals surface area contributed by atoms with E-state index in [1.54, 1.807) is 36.9 Å². The molecule has 0 spiro atoms. The number of furan rings is 1. The maximum Gasteiger partial charge on any atom is 0.248 e. The highest BCUT2D eigenvalue weighted by molar-refractivity contribution is 7.14. The van der Waals surface area contributed by atoms with Gasteiger partial charge in [0.1, 0.15) is 5.76 Å². The van der Waals surface area contributed by atoms with Gasteiger partial charge in [-0.2, -0.15) is 0 Å². The quantitative estimate of drug-likeness (QED) is 0.444. The van der Waals surface area contributed by atoms with Crippen molar-refractivity contribution in [3.63, 3.8) is 0 Å². The molecule has 0 saturated carbocycles. The fraction of sp³-hybridized carbons (Fsp3) is 0. The summed E-state index contributed by atoms with van der Waals surface area (Å²) < 4.78 is 5.16. The van der Waals surface area contributed by atoms with Crippen LogP contribution in [0.25, 0.3) is 17.3 Å². The van der Waals surface area contributed by atoms with Crippen molar-refractivity contribution in [3.05, 3.63) is 84.4 Å². The smallest absolute Gasteiger partial charge is 0.248 e. The van der Waals surface area contributed by atoms with Crippen LogP contribution in [0.4, 0.5) is 16.5 Å². The number of carbonyl (C=O) groups excluding carboxylic acids is 1. The molecule has 4 aromatic rings. The van der Waals surface area contributed by atoms with Gasteiger partial charge in [-0.3, -0.25) is 9.78 Å². The molecule has 7 heteroatoms. The van der Waals surface area contributed by atoms with E-state index in [0.717, 1.165) is 22.1 Å². The number of benzene rings is 1. The Balaban J connectivity index is 1.38. The van der Waals surface area contributed by atoms with Crippen LogP contribution in [-0.2, 0) is 4.79 Å². The van der Waals surface area contributed by atoms with Crippen molar-refractivity contribution in [2.75, 3.05) is 10.6 Å². The molecule has 0 fully saturated rings. The van der Waals surface area contributed by atoms with E-state index >= 15 is 0 Å². The molecule has 0 aliphatic carbocycles. The maximum atomic E-state index is 12.0. The van der Waals surface area contributed by atoms with Gasteiger partial charge in [-0.1, -0.05) is 12.1 Å². The summed E-state index contributed by atoms with van der Waals surface area (Å²) in [5, 5.41) is 8.83. The third-order valence-electron chi connectivity index (χ3n) is 3.81. The van der Waals surface area contributed by atoms with Gasteiger partial charge >= 0.3 is 0 Å². The Bertz CT molecular complexity index is 1070. The fourth-order valence-corrected chi connectivity index (χ4v) is 3.22. The van der Waals surface area contributed by atoms with Gasteiger partial charge in [0.25, 0.3) is 0 Å². The molecule has 4 rings (SSSR count). The monoisotopic (exact) mass is 388 g/mol. The van der Waals surface area contributed by atoms with E-state index in [2.05, 4.69) is 20.6 Å². The number of thiazole rings is 1. The van der Waals surface area contributed by atoms with Crippen LogP contribution in [-0.4, -0.2) is 15.9 Å². The number of rotatable bonds is 6. The van der Waals surface area contributed by atoms with Crippen LogP contribution in [0.2, 0.25) is 0 Å². The highest BCUT2D eigenvalue weighted by Crippen LogP contribution is 2.27. The van der Waals surface area contributed by atoms with Crippen molar-refractivity contribution < 1.29 is 9.21 Å². The van der Waals surface area contributed by atoms with E-state index in [1.165, 1.54) is 17.4 Å². The zero-order valence-electron chi connectivity index (χ0n) is 14.7. The number of anilines is 3. The van der Waals surface area contributed by atoms with Gasteiger partial charge in [-0.25, -0.2) is 4.98 Å². The summed E-state index contributed by atoms with van der Waals surface area (Å²) in [6, 6.07) is 14.9. The molecular formula is C21H16N4O2S. The normalized spacial score (nSPS) is 10.9. The van der Waals surface area contributed by atoms with Crippen LogP contribution >= 0.6 is 11.3 Å². The molecular weight excluding hydrogens is 372 g/mol. The lowest BCUT2D eigenvalue weighted by Gasteiger charge is -2.03. The van der Waals surface area contributed by atoms with Gasteiger partial charge in [0.05, 0.1) is 23.8 Å². The number of pyridine rings is 1. The molecule has 0 unspecified atom stereocenters. The second-order valence-corrected chi connectivity index (χ2v) is 6.68. The predicted octanol–water partition coefficient (Wildman–Crippen LogP) is 5.19. The number of nitrogens with one attached hydrogen (secondary N) is 2. The van der Waals surface area contributed by atoms with Crippen LogP contribution in [0.15, 0.2) is 83.1 Å². The Kier molecular flexibility index (Phi) is 5.26. The Morgan fingerprint density at radius 1 is 1.07 bits per heavy atom. The van der Waals surface area contributed by atoms with Crippen LogP contribution in [0, 0.1) is 0 Å². The van der Waals surface area contributed by atoms with Crippen molar-refractivity contribution in [3.8, 4) is 11.3 Å². The summed E-state index contributed by atoms with van der Waals surface area (Å²) in [7, 11) is 0. The summed E-state index contributed by atoms with van der Waals surface area (Å²) in [6.45, 7) is 0. The highest BCUT2D eigenvalue weighted by atomic mass is 32.1. The van der Waals surface area contributed by atoms with Crippen molar-refractivity contribution in [1.82, 2.24) is 9.97 Å². The van der Waals surface area contributed by atoms with Gasteiger partial charge in [0, 0.05) is 28.9 Å². The molecule has 2 N–H and O–H groups in total. The van der Waals surface area contributed by atoms with E-state index in [0.29, 0.717) is 11.4 Å². The standard InChI is InChI=1S/C21H16N4O2S/c26-20(10-9-18-4-2-12-27-18)23-16-7-5-15(6-8-16)19-14-28-21(25-19)24-17-3-1-11-22-13-17/h1-14H,(H,23,26)(H,24,25)/b10-9+. The fourth-order valence-electron chi connectivity index (χ4n) is 2.48. The van der Waals surface area contributed by atoms with Crippen LogP contribution in [0.5, 0.6) is 0 Å². The first-order chi connectivity index (χ1) is 13.8. The number of amides is 1. The average molecular weight is 388 g/mol. The van der Waals surface area contributed by atoms with Crippen molar-refractivity contribution in [1.29, 1.82) is 0 Å². The second kappa shape index (κ2) is 8.32. The lowest BCUT2D eigenvalue weighted by molar-refractivity contribution is -0.111. The molecule has 3 aromatic heterocycles. The molecule has 0 radical (unpaired) electrons. The van der Waals surface area contributed by atoms with E-state index in [-0.39, 0.29) is 5.91 Å². The van der Waals surface area contributed by atoms with Crippen molar-refractivity contribution in [2.45, 2.75) is 0 Å². The first-order valence-corrected chi connectivity index (χ1v) is 9.40. The molecule has 0 aliphatic rings. The Labute approximate surface area is 165 Å². The number of nitrogens with zero attached hydrogens (tertiary/aromatic N) is 2. The number of carbonyl (C=O) groups is 1. The Morgan fingerprint density at radius 3 is 2.71 bits per heavy atom. The van der Waals surface area contributed by atoms with Gasteiger partial charge in [-0.15, -0.1) is 11.3 Å². The molecule has 28 heavy (non-hydrogen) atoms. The molecule has 1 amide bonds.